The number of allylic oxidation sites excluding steroid dienone is 2. The van der Waals surface area contributed by atoms with E-state index in [1.165, 1.54) is 10.5 Å². The van der Waals surface area contributed by atoms with Crippen LogP contribution in [0.2, 0.25) is 0 Å². The lowest BCUT2D eigenvalue weighted by molar-refractivity contribution is -0.140. The number of nitrogens with zero attached hydrogens (tertiary/aromatic N) is 3. The third-order valence-electron chi connectivity index (χ3n) is 6.94. The van der Waals surface area contributed by atoms with Crippen molar-refractivity contribution in [3.63, 3.8) is 0 Å². The molecule has 3 aliphatic rings. The van der Waals surface area contributed by atoms with E-state index in [4.69, 9.17) is 0 Å². The van der Waals surface area contributed by atoms with Gasteiger partial charge in [0, 0.05) is 33.2 Å². The van der Waals surface area contributed by atoms with Gasteiger partial charge in [-0.1, -0.05) is 42.5 Å². The summed E-state index contributed by atoms with van der Waals surface area (Å²) >= 11 is 0. The number of imide groups is 1. The zero-order chi connectivity index (χ0) is 22.5. The highest BCUT2D eigenvalue weighted by molar-refractivity contribution is 14.0. The summed E-state index contributed by atoms with van der Waals surface area (Å²) in [7, 11) is 3.89. The molecule has 180 valence electrons. The van der Waals surface area contributed by atoms with Crippen molar-refractivity contribution in [2.24, 2.45) is 28.7 Å². The van der Waals surface area contributed by atoms with Gasteiger partial charge in [0.15, 0.2) is 5.96 Å². The summed E-state index contributed by atoms with van der Waals surface area (Å²) in [5, 5.41) is 6.64. The van der Waals surface area contributed by atoms with Gasteiger partial charge in [0.2, 0.25) is 11.8 Å². The second-order valence-corrected chi connectivity index (χ2v) is 9.18. The number of aliphatic imine (C=N–C) groups is 1. The number of fused-ring (bicyclic) bond motifs is 5. The summed E-state index contributed by atoms with van der Waals surface area (Å²) in [4.78, 5) is 33.5. The smallest absolute Gasteiger partial charge is 0.233 e. The molecule has 1 aliphatic heterocycles. The molecule has 4 rings (SSSR count). The highest BCUT2D eigenvalue weighted by Crippen LogP contribution is 2.52. The normalized spacial score (nSPS) is 25.5. The van der Waals surface area contributed by atoms with Gasteiger partial charge in [-0.3, -0.25) is 19.5 Å². The molecule has 4 unspecified atom stereocenters. The number of carbonyl (C=O) groups is 2. The first-order valence-corrected chi connectivity index (χ1v) is 11.8. The van der Waals surface area contributed by atoms with E-state index < -0.39 is 0 Å². The van der Waals surface area contributed by atoms with Crippen LogP contribution >= 0.6 is 24.0 Å². The molecule has 7 nitrogen and oxygen atoms in total. The molecule has 1 saturated heterocycles. The second kappa shape index (κ2) is 12.0. The van der Waals surface area contributed by atoms with Crippen molar-refractivity contribution in [1.82, 2.24) is 20.4 Å². The molecule has 2 bridgehead atoms. The first kappa shape index (κ1) is 25.7. The van der Waals surface area contributed by atoms with E-state index in [1.54, 1.807) is 7.05 Å². The van der Waals surface area contributed by atoms with Crippen LogP contribution in [0.15, 0.2) is 47.5 Å². The monoisotopic (exact) mass is 565 g/mol. The van der Waals surface area contributed by atoms with Gasteiger partial charge in [-0.2, -0.15) is 0 Å². The summed E-state index contributed by atoms with van der Waals surface area (Å²) in [6, 6.07) is 10.5. The maximum Gasteiger partial charge on any atom is 0.233 e. The molecule has 33 heavy (non-hydrogen) atoms. The molecule has 1 aromatic carbocycles. The fourth-order valence-electron chi connectivity index (χ4n) is 5.38. The average molecular weight is 566 g/mol. The number of likely N-dealkylation sites (tertiary alicyclic amines) is 1. The highest BCUT2D eigenvalue weighted by Gasteiger charge is 2.58. The summed E-state index contributed by atoms with van der Waals surface area (Å²) in [5.74, 6) is 1.20. The van der Waals surface area contributed by atoms with Crippen LogP contribution in [-0.2, 0) is 16.1 Å². The molecule has 1 aromatic rings. The van der Waals surface area contributed by atoms with Gasteiger partial charge in [-0.05, 0) is 50.3 Å². The third kappa shape index (κ3) is 5.95. The predicted octanol–water partition coefficient (Wildman–Crippen LogP) is 2.49. The molecule has 0 aromatic heterocycles. The molecular formula is C25H36IN5O2. The molecule has 1 heterocycles. The van der Waals surface area contributed by atoms with Crippen molar-refractivity contribution in [2.45, 2.75) is 25.8 Å². The number of hydrogen-bond donors (Lipinski definition) is 2. The first-order chi connectivity index (χ1) is 15.6. The topological polar surface area (TPSA) is 77.0 Å². The van der Waals surface area contributed by atoms with Crippen LogP contribution in [0, 0.1) is 23.7 Å². The maximum absolute atomic E-state index is 12.7. The summed E-state index contributed by atoms with van der Waals surface area (Å²) < 4.78 is 0. The van der Waals surface area contributed by atoms with Crippen molar-refractivity contribution >= 4 is 41.8 Å². The molecule has 0 radical (unpaired) electrons. The second-order valence-electron chi connectivity index (χ2n) is 9.18. The molecule has 4 atom stereocenters. The molecule has 2 N–H and O–H groups in total. The van der Waals surface area contributed by atoms with E-state index in [-0.39, 0.29) is 59.5 Å². The number of benzene rings is 1. The minimum Gasteiger partial charge on any atom is -0.356 e. The molecule has 2 fully saturated rings. The summed E-state index contributed by atoms with van der Waals surface area (Å²) in [5.41, 5.74) is 1.32. The molecule has 2 amide bonds. The SMILES string of the molecule is CN=C(NCCCN(C)Cc1ccccc1)NCCCN1C(=O)C2C3C=CC(C3)C2C1=O.I. The van der Waals surface area contributed by atoms with Gasteiger partial charge in [-0.15, -0.1) is 24.0 Å². The quantitative estimate of drug-likeness (QED) is 0.114. The van der Waals surface area contributed by atoms with Crippen molar-refractivity contribution in [3.8, 4) is 0 Å². The number of hydrogen-bond acceptors (Lipinski definition) is 4. The fourth-order valence-corrected chi connectivity index (χ4v) is 5.38. The zero-order valence-corrected chi connectivity index (χ0v) is 21.9. The largest absolute Gasteiger partial charge is 0.356 e. The van der Waals surface area contributed by atoms with Crippen LogP contribution in [0.1, 0.15) is 24.8 Å². The number of amides is 2. The van der Waals surface area contributed by atoms with Gasteiger partial charge >= 0.3 is 0 Å². The van der Waals surface area contributed by atoms with Crippen molar-refractivity contribution < 1.29 is 9.59 Å². The van der Waals surface area contributed by atoms with Crippen LogP contribution in [0.4, 0.5) is 0 Å². The number of halogens is 1. The Bertz CT molecular complexity index is 845. The number of rotatable bonds is 10. The Hall–Kier alpha value is -1.94. The minimum absolute atomic E-state index is 0. The van der Waals surface area contributed by atoms with Crippen LogP contribution in [0.5, 0.6) is 0 Å². The van der Waals surface area contributed by atoms with E-state index in [1.807, 2.05) is 6.07 Å². The molecule has 8 heteroatoms. The van der Waals surface area contributed by atoms with E-state index >= 15 is 0 Å². The molecule has 1 saturated carbocycles. The number of nitrogens with one attached hydrogen (secondary N) is 2. The standard InChI is InChI=1S/C25H35N5O2.HI/c1-26-25(27-12-6-14-29(2)17-18-8-4-3-5-9-18)28-13-7-15-30-23(31)21-19-10-11-20(16-19)22(21)24(30)32;/h3-5,8-11,19-22H,6-7,12-17H2,1-2H3,(H2,26,27,28);1H. The van der Waals surface area contributed by atoms with Gasteiger partial charge in [0.05, 0.1) is 11.8 Å². The Morgan fingerprint density at radius 1 is 1.03 bits per heavy atom. The van der Waals surface area contributed by atoms with Gasteiger partial charge in [0.1, 0.15) is 0 Å². The van der Waals surface area contributed by atoms with Gasteiger partial charge < -0.3 is 15.5 Å². The minimum atomic E-state index is -0.0973. The van der Waals surface area contributed by atoms with Crippen LogP contribution in [0.3, 0.4) is 0 Å². The summed E-state index contributed by atoms with van der Waals surface area (Å²) in [6.45, 7) is 3.93. The van der Waals surface area contributed by atoms with E-state index in [0.29, 0.717) is 13.1 Å². The Morgan fingerprint density at radius 2 is 1.64 bits per heavy atom. The Labute approximate surface area is 214 Å². The predicted molar refractivity (Wildman–Crippen MR) is 141 cm³/mol. The number of guanidine groups is 1. The first-order valence-electron chi connectivity index (χ1n) is 11.8. The average Bonchev–Trinajstić information content (AvgIpc) is 3.48. The van der Waals surface area contributed by atoms with Crippen molar-refractivity contribution in [3.05, 3.63) is 48.0 Å². The van der Waals surface area contributed by atoms with E-state index in [2.05, 4.69) is 64.0 Å². The van der Waals surface area contributed by atoms with Crippen LogP contribution in [0.25, 0.3) is 0 Å². The lowest BCUT2D eigenvalue weighted by Gasteiger charge is -2.19. The van der Waals surface area contributed by atoms with Gasteiger partial charge in [-0.25, -0.2) is 0 Å². The Balaban J connectivity index is 0.00000306. The number of carbonyl (C=O) groups excluding carboxylic acids is 2. The summed E-state index contributed by atoms with van der Waals surface area (Å²) in [6.07, 6.45) is 6.99. The van der Waals surface area contributed by atoms with E-state index in [9.17, 15) is 9.59 Å². The highest BCUT2D eigenvalue weighted by atomic mass is 127. The van der Waals surface area contributed by atoms with Crippen molar-refractivity contribution in [2.75, 3.05) is 40.3 Å². The lowest BCUT2D eigenvalue weighted by Crippen LogP contribution is -2.40. The fraction of sp³-hybridized carbons (Fsp3) is 0.560. The Morgan fingerprint density at radius 3 is 2.24 bits per heavy atom. The van der Waals surface area contributed by atoms with E-state index in [0.717, 1.165) is 44.9 Å². The van der Waals surface area contributed by atoms with Crippen molar-refractivity contribution in [1.29, 1.82) is 0 Å². The Kier molecular flexibility index (Phi) is 9.31. The molecule has 0 spiro atoms. The zero-order valence-electron chi connectivity index (χ0n) is 19.6. The van der Waals surface area contributed by atoms with Crippen LogP contribution < -0.4 is 10.6 Å². The van der Waals surface area contributed by atoms with Gasteiger partial charge in [0.25, 0.3) is 0 Å². The van der Waals surface area contributed by atoms with Crippen LogP contribution in [-0.4, -0.2) is 67.8 Å². The third-order valence-corrected chi connectivity index (χ3v) is 6.94. The maximum atomic E-state index is 12.7. The molecular weight excluding hydrogens is 529 g/mol. The molecule has 2 aliphatic carbocycles. The lowest BCUT2D eigenvalue weighted by atomic mass is 9.85.